The van der Waals surface area contributed by atoms with E-state index in [-0.39, 0.29) is 0 Å². The van der Waals surface area contributed by atoms with E-state index in [9.17, 15) is 0 Å². The Kier molecular flexibility index (Phi) is 4.95. The van der Waals surface area contributed by atoms with Crippen LogP contribution in [0.2, 0.25) is 0 Å². The summed E-state index contributed by atoms with van der Waals surface area (Å²) in [6.07, 6.45) is 3.59. The molecule has 0 saturated heterocycles. The second-order valence-electron chi connectivity index (χ2n) is 6.76. The van der Waals surface area contributed by atoms with E-state index in [0.29, 0.717) is 11.5 Å². The van der Waals surface area contributed by atoms with Gasteiger partial charge in [-0.05, 0) is 42.0 Å². The molecule has 2 aromatic heterocycles. The van der Waals surface area contributed by atoms with E-state index < -0.39 is 0 Å². The molecule has 0 aliphatic carbocycles. The monoisotopic (exact) mass is 389 g/mol. The van der Waals surface area contributed by atoms with Gasteiger partial charge in [-0.2, -0.15) is 9.61 Å². The molecule has 4 rings (SSSR count). The largest absolute Gasteiger partial charge is 0.493 e. The predicted molar refractivity (Wildman–Crippen MR) is 116 cm³/mol. The molecule has 0 unspecified atom stereocenters. The number of ether oxygens (including phenoxy) is 2. The Balaban J connectivity index is 1.73. The maximum Gasteiger partial charge on any atom is 0.165 e. The Morgan fingerprint density at radius 2 is 1.79 bits per heavy atom. The number of nitrogens with one attached hydrogen (secondary N) is 1. The van der Waals surface area contributed by atoms with Gasteiger partial charge in [-0.25, -0.2) is 4.98 Å². The third kappa shape index (κ3) is 3.54. The number of rotatable bonds is 6. The first kappa shape index (κ1) is 18.6. The van der Waals surface area contributed by atoms with Crippen molar-refractivity contribution in [2.24, 2.45) is 0 Å². The van der Waals surface area contributed by atoms with Crippen LogP contribution in [0, 0.1) is 0 Å². The summed E-state index contributed by atoms with van der Waals surface area (Å²) in [5, 5.41) is 7.99. The van der Waals surface area contributed by atoms with Gasteiger partial charge >= 0.3 is 0 Å². The van der Waals surface area contributed by atoms with Gasteiger partial charge in [-0.15, -0.1) is 0 Å². The van der Waals surface area contributed by atoms with Crippen LogP contribution in [0.1, 0.15) is 0 Å². The molecule has 0 saturated carbocycles. The number of benzene rings is 2. The van der Waals surface area contributed by atoms with Crippen molar-refractivity contribution in [3.8, 4) is 22.6 Å². The van der Waals surface area contributed by atoms with Gasteiger partial charge in [0.05, 0.1) is 20.4 Å². The Labute approximate surface area is 169 Å². The lowest BCUT2D eigenvalue weighted by molar-refractivity contribution is 0.355. The Bertz CT molecular complexity index is 1150. The van der Waals surface area contributed by atoms with Crippen LogP contribution in [0.4, 0.5) is 17.2 Å². The molecule has 7 heteroatoms. The van der Waals surface area contributed by atoms with Crippen LogP contribution in [0.3, 0.4) is 0 Å². The van der Waals surface area contributed by atoms with Crippen LogP contribution >= 0.6 is 0 Å². The van der Waals surface area contributed by atoms with Crippen molar-refractivity contribution in [1.29, 1.82) is 0 Å². The summed E-state index contributed by atoms with van der Waals surface area (Å²) >= 11 is 0. The summed E-state index contributed by atoms with van der Waals surface area (Å²) in [5.74, 6) is 2.18. The van der Waals surface area contributed by atoms with Crippen molar-refractivity contribution >= 4 is 22.8 Å². The molecule has 0 aliphatic rings. The summed E-state index contributed by atoms with van der Waals surface area (Å²) in [4.78, 5) is 6.61. The number of methoxy groups -OCH3 is 2. The molecule has 29 heavy (non-hydrogen) atoms. The smallest absolute Gasteiger partial charge is 0.165 e. The van der Waals surface area contributed by atoms with Crippen LogP contribution in [0.15, 0.2) is 60.9 Å². The highest BCUT2D eigenvalue weighted by Crippen LogP contribution is 2.34. The predicted octanol–water partition coefficient (Wildman–Crippen LogP) is 4.22. The van der Waals surface area contributed by atoms with Crippen molar-refractivity contribution in [2.45, 2.75) is 0 Å². The first-order valence-corrected chi connectivity index (χ1v) is 9.20. The number of nitrogens with zero attached hydrogens (tertiary/aromatic N) is 4. The Morgan fingerprint density at radius 3 is 2.55 bits per heavy atom. The SMILES string of the molecule is COc1ccc(-c2cnn3c(Nc4cccc(N(C)C)c4)ccnc23)cc1OC. The molecule has 0 atom stereocenters. The van der Waals surface area contributed by atoms with E-state index in [1.165, 1.54) is 0 Å². The lowest BCUT2D eigenvalue weighted by Crippen LogP contribution is -2.08. The van der Waals surface area contributed by atoms with Crippen LogP contribution in [0.5, 0.6) is 11.5 Å². The molecule has 4 aromatic rings. The Morgan fingerprint density at radius 1 is 0.966 bits per heavy atom. The molecule has 1 N–H and O–H groups in total. The van der Waals surface area contributed by atoms with Crippen molar-refractivity contribution in [1.82, 2.24) is 14.6 Å². The minimum Gasteiger partial charge on any atom is -0.493 e. The fraction of sp³-hybridized carbons (Fsp3) is 0.182. The highest BCUT2D eigenvalue weighted by Gasteiger charge is 2.13. The number of anilines is 3. The van der Waals surface area contributed by atoms with E-state index in [1.54, 1.807) is 24.9 Å². The molecular formula is C22H23N5O2. The second kappa shape index (κ2) is 7.71. The number of hydrogen-bond acceptors (Lipinski definition) is 6. The maximum absolute atomic E-state index is 5.43. The number of aromatic nitrogens is 3. The van der Waals surface area contributed by atoms with Crippen molar-refractivity contribution in [3.63, 3.8) is 0 Å². The van der Waals surface area contributed by atoms with Gasteiger partial charge < -0.3 is 19.7 Å². The molecule has 0 radical (unpaired) electrons. The van der Waals surface area contributed by atoms with Gasteiger partial charge in [0.1, 0.15) is 5.82 Å². The topological polar surface area (TPSA) is 63.9 Å². The average molecular weight is 389 g/mol. The molecule has 0 aliphatic heterocycles. The van der Waals surface area contributed by atoms with Gasteiger partial charge in [0.15, 0.2) is 17.1 Å². The summed E-state index contributed by atoms with van der Waals surface area (Å²) in [7, 11) is 7.29. The zero-order valence-electron chi connectivity index (χ0n) is 16.9. The Hall–Kier alpha value is -3.74. The van der Waals surface area contributed by atoms with E-state index in [1.807, 2.05) is 56.7 Å². The second-order valence-corrected chi connectivity index (χ2v) is 6.76. The van der Waals surface area contributed by atoms with E-state index in [0.717, 1.165) is 34.0 Å². The van der Waals surface area contributed by atoms with Crippen LogP contribution in [0.25, 0.3) is 16.8 Å². The molecule has 7 nitrogen and oxygen atoms in total. The lowest BCUT2D eigenvalue weighted by atomic mass is 10.1. The van der Waals surface area contributed by atoms with Gasteiger partial charge in [0.2, 0.25) is 0 Å². The van der Waals surface area contributed by atoms with Gasteiger partial charge in [-0.3, -0.25) is 0 Å². The quantitative estimate of drug-likeness (QED) is 0.533. The van der Waals surface area contributed by atoms with Crippen molar-refractivity contribution in [3.05, 3.63) is 60.9 Å². The van der Waals surface area contributed by atoms with E-state index >= 15 is 0 Å². The molecule has 0 fully saturated rings. The molecule has 0 amide bonds. The number of fused-ring (bicyclic) bond motifs is 1. The maximum atomic E-state index is 5.43. The van der Waals surface area contributed by atoms with Crippen LogP contribution in [-0.4, -0.2) is 42.9 Å². The van der Waals surface area contributed by atoms with Gasteiger partial charge in [0.25, 0.3) is 0 Å². The van der Waals surface area contributed by atoms with Crippen LogP contribution < -0.4 is 19.7 Å². The lowest BCUT2D eigenvalue weighted by Gasteiger charge is -2.14. The summed E-state index contributed by atoms with van der Waals surface area (Å²) in [5.41, 5.74) is 4.72. The molecular weight excluding hydrogens is 366 g/mol. The minimum absolute atomic E-state index is 0.666. The molecule has 0 spiro atoms. The van der Waals surface area contributed by atoms with Gasteiger partial charge in [-0.1, -0.05) is 12.1 Å². The van der Waals surface area contributed by atoms with Crippen LogP contribution in [-0.2, 0) is 0 Å². The molecule has 0 bridgehead atoms. The average Bonchev–Trinajstić information content (AvgIpc) is 3.18. The number of hydrogen-bond donors (Lipinski definition) is 1. The van der Waals surface area contributed by atoms with Crippen molar-refractivity contribution < 1.29 is 9.47 Å². The molecule has 148 valence electrons. The molecule has 2 heterocycles. The molecule has 2 aromatic carbocycles. The van der Waals surface area contributed by atoms with E-state index in [4.69, 9.17) is 9.47 Å². The zero-order chi connectivity index (χ0) is 20.4. The fourth-order valence-corrected chi connectivity index (χ4v) is 3.20. The standard InChI is InChI=1S/C22H23N5O2/c1-26(2)17-7-5-6-16(13-17)25-21-10-11-23-22-18(14-24-27(21)22)15-8-9-19(28-3)20(12-15)29-4/h5-14,25H,1-4H3. The van der Waals surface area contributed by atoms with E-state index in [2.05, 4.69) is 32.4 Å². The normalized spacial score (nSPS) is 10.8. The third-order valence-electron chi connectivity index (χ3n) is 4.73. The highest BCUT2D eigenvalue weighted by molar-refractivity contribution is 5.80. The summed E-state index contributed by atoms with van der Waals surface area (Å²) in [6.45, 7) is 0. The first-order chi connectivity index (χ1) is 14.1. The highest BCUT2D eigenvalue weighted by atomic mass is 16.5. The summed E-state index contributed by atoms with van der Waals surface area (Å²) < 4.78 is 12.6. The first-order valence-electron chi connectivity index (χ1n) is 9.20. The fourth-order valence-electron chi connectivity index (χ4n) is 3.20. The summed E-state index contributed by atoms with van der Waals surface area (Å²) in [6, 6.07) is 15.9. The minimum atomic E-state index is 0.666. The zero-order valence-corrected chi connectivity index (χ0v) is 16.9. The van der Waals surface area contributed by atoms with Gasteiger partial charge in [0, 0.05) is 37.2 Å². The third-order valence-corrected chi connectivity index (χ3v) is 4.73. The van der Waals surface area contributed by atoms with Crippen molar-refractivity contribution in [2.75, 3.05) is 38.5 Å².